The fourth-order valence-corrected chi connectivity index (χ4v) is 6.08. The highest BCUT2D eigenvalue weighted by Gasteiger charge is 2.47. The van der Waals surface area contributed by atoms with Crippen LogP contribution in [0.2, 0.25) is 0 Å². The Hall–Kier alpha value is -3.05. The van der Waals surface area contributed by atoms with E-state index in [4.69, 9.17) is 4.52 Å². The van der Waals surface area contributed by atoms with Crippen LogP contribution in [0.1, 0.15) is 37.7 Å². The Morgan fingerprint density at radius 1 is 1.17 bits per heavy atom. The van der Waals surface area contributed by atoms with E-state index in [2.05, 4.69) is 9.88 Å². The summed E-state index contributed by atoms with van der Waals surface area (Å²) in [6.07, 6.45) is 2.46. The molecule has 0 bridgehead atoms. The molecular formula is C24H24F2N4O4S. The van der Waals surface area contributed by atoms with Crippen molar-refractivity contribution in [1.82, 2.24) is 14.8 Å². The van der Waals surface area contributed by atoms with Gasteiger partial charge in [-0.05, 0) is 61.9 Å². The van der Waals surface area contributed by atoms with Gasteiger partial charge in [0.05, 0.1) is 22.7 Å². The van der Waals surface area contributed by atoms with Gasteiger partial charge in [-0.1, -0.05) is 11.2 Å². The summed E-state index contributed by atoms with van der Waals surface area (Å²) in [7, 11) is -3.39. The van der Waals surface area contributed by atoms with Crippen molar-refractivity contribution in [2.24, 2.45) is 0 Å². The van der Waals surface area contributed by atoms with Gasteiger partial charge in [-0.25, -0.2) is 26.7 Å². The van der Waals surface area contributed by atoms with E-state index in [-0.39, 0.29) is 48.3 Å². The van der Waals surface area contributed by atoms with Crippen molar-refractivity contribution in [3.05, 3.63) is 47.5 Å². The lowest BCUT2D eigenvalue weighted by Gasteiger charge is -2.18. The van der Waals surface area contributed by atoms with Crippen molar-refractivity contribution in [3.8, 4) is 11.1 Å². The third-order valence-electron chi connectivity index (χ3n) is 7.13. The molecule has 3 fully saturated rings. The van der Waals surface area contributed by atoms with Crippen molar-refractivity contribution >= 4 is 32.8 Å². The number of rotatable bonds is 6. The molecule has 1 aromatic heterocycles. The predicted octanol–water partition coefficient (Wildman–Crippen LogP) is 3.97. The van der Waals surface area contributed by atoms with Crippen molar-refractivity contribution in [1.29, 1.82) is 0 Å². The summed E-state index contributed by atoms with van der Waals surface area (Å²) in [5, 5.41) is 4.55. The average Bonchev–Trinajstić information content (AvgIpc) is 3.37. The third-order valence-corrected chi connectivity index (χ3v) is 8.58. The Kier molecular flexibility index (Phi) is 5.12. The molecule has 1 N–H and O–H groups in total. The minimum Gasteiger partial charge on any atom is -0.354 e. The van der Waals surface area contributed by atoms with Crippen molar-refractivity contribution < 1.29 is 26.5 Å². The average molecular weight is 503 g/mol. The molecule has 6 rings (SSSR count). The molecule has 35 heavy (non-hydrogen) atoms. The number of sulfonamides is 1. The molecule has 1 saturated carbocycles. The maximum Gasteiger partial charge on any atom is 0.326 e. The lowest BCUT2D eigenvalue weighted by Crippen LogP contribution is -2.41. The Morgan fingerprint density at radius 3 is 2.57 bits per heavy atom. The molecule has 2 aliphatic heterocycles. The van der Waals surface area contributed by atoms with Crippen LogP contribution in [-0.2, 0) is 10.0 Å². The molecule has 1 aliphatic carbocycles. The first-order valence-electron chi connectivity index (χ1n) is 11.7. The van der Waals surface area contributed by atoms with Crippen LogP contribution in [0, 0.1) is 11.6 Å². The number of amides is 2. The number of carbonyl (C=O) groups is 1. The van der Waals surface area contributed by atoms with E-state index in [0.717, 1.165) is 18.4 Å². The van der Waals surface area contributed by atoms with E-state index in [1.54, 1.807) is 17.9 Å². The number of aromatic nitrogens is 1. The normalized spacial score (nSPS) is 22.4. The van der Waals surface area contributed by atoms with E-state index in [1.165, 1.54) is 23.1 Å². The van der Waals surface area contributed by atoms with Gasteiger partial charge in [-0.3, -0.25) is 4.90 Å². The van der Waals surface area contributed by atoms with E-state index in [0.29, 0.717) is 28.9 Å². The third kappa shape index (κ3) is 3.77. The summed E-state index contributed by atoms with van der Waals surface area (Å²) >= 11 is 0. The van der Waals surface area contributed by atoms with Gasteiger partial charge in [0.1, 0.15) is 11.6 Å². The molecule has 2 aromatic carbocycles. The molecule has 0 spiro atoms. The minimum absolute atomic E-state index is 0.0304. The number of fused-ring (bicyclic) bond motifs is 2. The van der Waals surface area contributed by atoms with E-state index < -0.39 is 21.7 Å². The highest BCUT2D eigenvalue weighted by molar-refractivity contribution is 7.89. The van der Waals surface area contributed by atoms with Crippen molar-refractivity contribution in [3.63, 3.8) is 0 Å². The second-order valence-electron chi connectivity index (χ2n) is 9.47. The van der Waals surface area contributed by atoms with Gasteiger partial charge in [0.2, 0.25) is 10.0 Å². The van der Waals surface area contributed by atoms with Gasteiger partial charge in [0.15, 0.2) is 11.4 Å². The largest absolute Gasteiger partial charge is 0.354 e. The summed E-state index contributed by atoms with van der Waals surface area (Å²) in [4.78, 5) is 16.4. The molecule has 8 nitrogen and oxygen atoms in total. The number of carbonyl (C=O) groups excluding carboxylic acids is 1. The van der Waals surface area contributed by atoms with Gasteiger partial charge in [0.25, 0.3) is 0 Å². The number of nitrogens with one attached hydrogen (secondary N) is 1. The Labute approximate surface area is 200 Å². The summed E-state index contributed by atoms with van der Waals surface area (Å²) < 4.78 is 61.9. The number of urea groups is 1. The van der Waals surface area contributed by atoms with Crippen LogP contribution in [-0.4, -0.2) is 55.4 Å². The molecule has 2 saturated heterocycles. The first kappa shape index (κ1) is 22.4. The summed E-state index contributed by atoms with van der Waals surface area (Å²) in [5.74, 6) is -0.914. The number of benzene rings is 2. The summed E-state index contributed by atoms with van der Waals surface area (Å²) in [6, 6.07) is 6.43. The molecule has 0 unspecified atom stereocenters. The standard InChI is InChI=1S/C24H24F2N4O4S/c1-2-35(32,33)28-15-10-16-12-30(24(31)29(16)11-15)23-22-17(21-18(25)4-3-5-19(21)26)8-14(13-6-7-13)9-20(22)34-27-23/h3-5,8-9,13,15-16,28H,2,6-7,10-12H2,1H3/t15-,16-/m0/s1. The van der Waals surface area contributed by atoms with Crippen LogP contribution < -0.4 is 9.62 Å². The quantitative estimate of drug-likeness (QED) is 0.550. The van der Waals surface area contributed by atoms with Crippen LogP contribution in [0.3, 0.4) is 0 Å². The van der Waals surface area contributed by atoms with Gasteiger partial charge in [-0.2, -0.15) is 0 Å². The van der Waals surface area contributed by atoms with Crippen LogP contribution in [0.15, 0.2) is 34.9 Å². The van der Waals surface area contributed by atoms with E-state index >= 15 is 0 Å². The Morgan fingerprint density at radius 2 is 1.91 bits per heavy atom. The van der Waals surface area contributed by atoms with Gasteiger partial charge < -0.3 is 9.42 Å². The van der Waals surface area contributed by atoms with E-state index in [9.17, 15) is 22.0 Å². The predicted molar refractivity (Wildman–Crippen MR) is 126 cm³/mol. The maximum absolute atomic E-state index is 14.9. The first-order chi connectivity index (χ1) is 16.8. The Bertz CT molecular complexity index is 1430. The van der Waals surface area contributed by atoms with Crippen molar-refractivity contribution in [2.45, 2.75) is 44.2 Å². The molecule has 3 aliphatic rings. The zero-order chi connectivity index (χ0) is 24.5. The zero-order valence-electron chi connectivity index (χ0n) is 19.0. The lowest BCUT2D eigenvalue weighted by atomic mass is 9.96. The smallest absolute Gasteiger partial charge is 0.326 e. The minimum atomic E-state index is -3.39. The maximum atomic E-state index is 14.9. The molecule has 2 amide bonds. The summed E-state index contributed by atoms with van der Waals surface area (Å²) in [6.45, 7) is 2.08. The highest BCUT2D eigenvalue weighted by atomic mass is 32.2. The molecule has 2 atom stereocenters. The number of hydrogen-bond acceptors (Lipinski definition) is 5. The van der Waals surface area contributed by atoms with Crippen LogP contribution in [0.25, 0.3) is 22.1 Å². The number of hydrogen-bond donors (Lipinski definition) is 1. The van der Waals surface area contributed by atoms with Crippen LogP contribution >= 0.6 is 0 Å². The molecule has 3 aromatic rings. The molecule has 3 heterocycles. The lowest BCUT2D eigenvalue weighted by molar-refractivity contribution is 0.218. The SMILES string of the molecule is CCS(=O)(=O)N[C@H]1C[C@H]2CN(c3noc4cc(C5CC5)cc(-c5c(F)cccc5F)c34)C(=O)N2C1. The fourth-order valence-electron chi connectivity index (χ4n) is 5.23. The molecule has 11 heteroatoms. The zero-order valence-corrected chi connectivity index (χ0v) is 19.8. The second kappa shape index (κ2) is 7.99. The van der Waals surface area contributed by atoms with Gasteiger partial charge >= 0.3 is 6.03 Å². The Balaban J connectivity index is 1.39. The topological polar surface area (TPSA) is 95.7 Å². The monoisotopic (exact) mass is 502 g/mol. The summed E-state index contributed by atoms with van der Waals surface area (Å²) in [5.41, 5.74) is 1.43. The van der Waals surface area contributed by atoms with Gasteiger partial charge in [-0.15, -0.1) is 0 Å². The van der Waals surface area contributed by atoms with Crippen molar-refractivity contribution in [2.75, 3.05) is 23.7 Å². The highest BCUT2D eigenvalue weighted by Crippen LogP contribution is 2.46. The molecule has 0 radical (unpaired) electrons. The van der Waals surface area contributed by atoms with Crippen LogP contribution in [0.4, 0.5) is 19.4 Å². The molecule has 184 valence electrons. The fraction of sp³-hybridized carbons (Fsp3) is 0.417. The molecular weight excluding hydrogens is 478 g/mol. The number of nitrogens with zero attached hydrogens (tertiary/aromatic N) is 3. The number of halogens is 2. The first-order valence-corrected chi connectivity index (χ1v) is 13.4. The van der Waals surface area contributed by atoms with E-state index in [1.807, 2.05) is 6.07 Å². The second-order valence-corrected chi connectivity index (χ2v) is 11.5. The number of anilines is 1. The van der Waals surface area contributed by atoms with Gasteiger partial charge in [0, 0.05) is 24.7 Å². The van der Waals surface area contributed by atoms with Crippen LogP contribution in [0.5, 0.6) is 0 Å².